The average molecular weight is 277 g/mol. The summed E-state index contributed by atoms with van der Waals surface area (Å²) in [6.07, 6.45) is 3.08. The summed E-state index contributed by atoms with van der Waals surface area (Å²) >= 11 is 0. The maximum Gasteiger partial charge on any atom is 0.0631 e. The Hall–Kier alpha value is -0.900. The van der Waals surface area contributed by atoms with Gasteiger partial charge in [0.25, 0.3) is 0 Å². The summed E-state index contributed by atoms with van der Waals surface area (Å²) in [5.41, 5.74) is 7.91. The van der Waals surface area contributed by atoms with E-state index in [9.17, 15) is 5.11 Å². The van der Waals surface area contributed by atoms with Gasteiger partial charge in [-0.2, -0.15) is 0 Å². The quantitative estimate of drug-likeness (QED) is 0.869. The van der Waals surface area contributed by atoms with Gasteiger partial charge in [-0.3, -0.25) is 0 Å². The van der Waals surface area contributed by atoms with Crippen molar-refractivity contribution >= 4 is 0 Å². The first-order valence-corrected chi connectivity index (χ1v) is 7.47. The monoisotopic (exact) mass is 277 g/mol. The van der Waals surface area contributed by atoms with Crippen LogP contribution in [-0.4, -0.2) is 30.0 Å². The average Bonchev–Trinajstić information content (AvgIpc) is 2.75. The van der Waals surface area contributed by atoms with E-state index >= 15 is 0 Å². The summed E-state index contributed by atoms with van der Waals surface area (Å²) < 4.78 is 6.09. The minimum absolute atomic E-state index is 0.0485. The smallest absolute Gasteiger partial charge is 0.0631 e. The molecule has 2 atom stereocenters. The molecule has 0 radical (unpaired) electrons. The van der Waals surface area contributed by atoms with Crippen molar-refractivity contribution in [2.45, 2.75) is 57.2 Å². The Labute approximate surface area is 122 Å². The molecule has 1 aromatic rings. The van der Waals surface area contributed by atoms with Gasteiger partial charge in [-0.25, -0.2) is 0 Å². The van der Waals surface area contributed by atoms with E-state index < -0.39 is 5.41 Å². The first-order chi connectivity index (χ1) is 9.41. The molecule has 2 unspecified atom stereocenters. The molecule has 1 saturated heterocycles. The van der Waals surface area contributed by atoms with E-state index in [0.717, 1.165) is 24.8 Å². The molecule has 1 aliphatic heterocycles. The van der Waals surface area contributed by atoms with Crippen molar-refractivity contribution in [3.05, 3.63) is 35.4 Å². The van der Waals surface area contributed by atoms with Crippen molar-refractivity contribution in [3.63, 3.8) is 0 Å². The zero-order chi connectivity index (χ0) is 14.8. The number of nitrogens with two attached hydrogens (primary N) is 1. The van der Waals surface area contributed by atoms with E-state index in [1.165, 1.54) is 5.56 Å². The molecule has 0 saturated carbocycles. The van der Waals surface area contributed by atoms with Gasteiger partial charge in [0, 0.05) is 12.0 Å². The molecular formula is C17H27NO2. The van der Waals surface area contributed by atoms with Crippen LogP contribution in [0.2, 0.25) is 0 Å². The Bertz CT molecular complexity index is 452. The highest BCUT2D eigenvalue weighted by molar-refractivity contribution is 5.30. The molecule has 0 spiro atoms. The molecule has 0 aliphatic carbocycles. The van der Waals surface area contributed by atoms with Gasteiger partial charge < -0.3 is 15.6 Å². The molecule has 112 valence electrons. The van der Waals surface area contributed by atoms with Crippen LogP contribution in [0.15, 0.2) is 24.3 Å². The Morgan fingerprint density at radius 2 is 2.20 bits per heavy atom. The van der Waals surface area contributed by atoms with Gasteiger partial charge in [0.1, 0.15) is 0 Å². The molecule has 0 amide bonds. The van der Waals surface area contributed by atoms with E-state index in [4.69, 9.17) is 10.5 Å². The second-order valence-corrected chi connectivity index (χ2v) is 6.75. The van der Waals surface area contributed by atoms with Crippen molar-refractivity contribution < 1.29 is 9.84 Å². The van der Waals surface area contributed by atoms with Crippen LogP contribution in [0, 0.1) is 6.92 Å². The zero-order valence-electron chi connectivity index (χ0n) is 12.9. The molecule has 2 rings (SSSR count). The Morgan fingerprint density at radius 3 is 2.70 bits per heavy atom. The van der Waals surface area contributed by atoms with Crippen LogP contribution in [-0.2, 0) is 10.2 Å². The molecule has 1 heterocycles. The third kappa shape index (κ3) is 3.22. The van der Waals surface area contributed by atoms with Crippen LogP contribution in [0.25, 0.3) is 0 Å². The molecule has 1 fully saturated rings. The van der Waals surface area contributed by atoms with Gasteiger partial charge in [-0.15, -0.1) is 0 Å². The van der Waals surface area contributed by atoms with Crippen LogP contribution in [0.3, 0.4) is 0 Å². The van der Waals surface area contributed by atoms with E-state index in [-0.39, 0.29) is 18.3 Å². The third-order valence-electron chi connectivity index (χ3n) is 4.50. The molecule has 20 heavy (non-hydrogen) atoms. The minimum Gasteiger partial charge on any atom is -0.395 e. The Morgan fingerprint density at radius 1 is 1.45 bits per heavy atom. The van der Waals surface area contributed by atoms with Gasteiger partial charge in [0.05, 0.1) is 18.3 Å². The Balaban J connectivity index is 2.22. The lowest BCUT2D eigenvalue weighted by Gasteiger charge is -2.34. The lowest BCUT2D eigenvalue weighted by atomic mass is 9.76. The minimum atomic E-state index is -0.392. The predicted molar refractivity (Wildman–Crippen MR) is 81.8 cm³/mol. The summed E-state index contributed by atoms with van der Waals surface area (Å²) in [4.78, 5) is 0. The highest BCUT2D eigenvalue weighted by Crippen LogP contribution is 2.37. The van der Waals surface area contributed by atoms with Crippen LogP contribution in [0.5, 0.6) is 0 Å². The van der Waals surface area contributed by atoms with Gasteiger partial charge in [0.15, 0.2) is 0 Å². The third-order valence-corrected chi connectivity index (χ3v) is 4.50. The summed E-state index contributed by atoms with van der Waals surface area (Å²) in [6, 6.07) is 8.29. The lowest BCUT2D eigenvalue weighted by molar-refractivity contribution is -0.0313. The van der Waals surface area contributed by atoms with E-state index in [1.807, 2.05) is 6.07 Å². The standard InChI is InChI=1S/C17H27NO2/c1-13-5-4-6-14(9-13)17(11-18,12-19)10-15-7-8-16(2,3)20-15/h4-6,9,15,19H,7-8,10-12,18H2,1-3H3. The number of rotatable bonds is 5. The maximum atomic E-state index is 9.98. The molecule has 0 bridgehead atoms. The SMILES string of the molecule is Cc1cccc(C(CN)(CO)CC2CCC(C)(C)O2)c1. The van der Waals surface area contributed by atoms with E-state index in [2.05, 4.69) is 39.0 Å². The summed E-state index contributed by atoms with van der Waals surface area (Å²) in [5, 5.41) is 9.98. The van der Waals surface area contributed by atoms with E-state index in [0.29, 0.717) is 6.54 Å². The molecular weight excluding hydrogens is 250 g/mol. The topological polar surface area (TPSA) is 55.5 Å². The van der Waals surface area contributed by atoms with Crippen molar-refractivity contribution in [1.29, 1.82) is 0 Å². The molecule has 0 aromatic heterocycles. The number of aliphatic hydroxyl groups excluding tert-OH is 1. The molecule has 3 heteroatoms. The second kappa shape index (κ2) is 5.84. The van der Waals surface area contributed by atoms with Crippen LogP contribution < -0.4 is 5.73 Å². The lowest BCUT2D eigenvalue weighted by Crippen LogP contribution is -2.42. The van der Waals surface area contributed by atoms with Crippen molar-refractivity contribution in [2.75, 3.05) is 13.2 Å². The first-order valence-electron chi connectivity index (χ1n) is 7.47. The Kier molecular flexibility index (Phi) is 4.52. The van der Waals surface area contributed by atoms with Gasteiger partial charge in [0.2, 0.25) is 0 Å². The van der Waals surface area contributed by atoms with Crippen molar-refractivity contribution in [2.24, 2.45) is 5.73 Å². The molecule has 1 aromatic carbocycles. The zero-order valence-corrected chi connectivity index (χ0v) is 12.9. The molecule has 1 aliphatic rings. The number of hydrogen-bond donors (Lipinski definition) is 2. The summed E-state index contributed by atoms with van der Waals surface area (Å²) in [7, 11) is 0. The number of aryl methyl sites for hydroxylation is 1. The van der Waals surface area contributed by atoms with Crippen LogP contribution in [0.4, 0.5) is 0 Å². The van der Waals surface area contributed by atoms with Gasteiger partial charge in [-0.1, -0.05) is 29.8 Å². The fourth-order valence-electron chi connectivity index (χ4n) is 3.17. The normalized spacial score (nSPS) is 24.6. The van der Waals surface area contributed by atoms with Gasteiger partial charge >= 0.3 is 0 Å². The fraction of sp³-hybridized carbons (Fsp3) is 0.647. The van der Waals surface area contributed by atoms with Crippen LogP contribution in [0.1, 0.15) is 44.2 Å². The first kappa shape index (κ1) is 15.5. The maximum absolute atomic E-state index is 9.98. The van der Waals surface area contributed by atoms with Crippen molar-refractivity contribution in [1.82, 2.24) is 0 Å². The number of benzene rings is 1. The number of ether oxygens (including phenoxy) is 1. The largest absolute Gasteiger partial charge is 0.395 e. The summed E-state index contributed by atoms with van der Waals surface area (Å²) in [6.45, 7) is 6.82. The number of hydrogen-bond acceptors (Lipinski definition) is 3. The van der Waals surface area contributed by atoms with Crippen molar-refractivity contribution in [3.8, 4) is 0 Å². The highest BCUT2D eigenvalue weighted by atomic mass is 16.5. The highest BCUT2D eigenvalue weighted by Gasteiger charge is 2.39. The van der Waals surface area contributed by atoms with E-state index in [1.54, 1.807) is 0 Å². The predicted octanol–water partition coefficient (Wildman–Crippen LogP) is 2.53. The van der Waals surface area contributed by atoms with Gasteiger partial charge in [-0.05, 0) is 45.6 Å². The molecule has 3 nitrogen and oxygen atoms in total. The fourth-order valence-corrected chi connectivity index (χ4v) is 3.17. The molecule has 3 N–H and O–H groups in total. The number of aliphatic hydroxyl groups is 1. The summed E-state index contributed by atoms with van der Waals surface area (Å²) in [5.74, 6) is 0. The van der Waals surface area contributed by atoms with Crippen LogP contribution >= 0.6 is 0 Å². The second-order valence-electron chi connectivity index (χ2n) is 6.75.